The van der Waals surface area contributed by atoms with E-state index in [2.05, 4.69) is 36.4 Å². The molecular weight excluding hydrogens is 300 g/mol. The average molecular weight is 307 g/mol. The van der Waals surface area contributed by atoms with Gasteiger partial charge in [-0.15, -0.1) is 5.10 Å². The van der Waals surface area contributed by atoms with Gasteiger partial charge in [-0.1, -0.05) is 15.9 Å². The van der Waals surface area contributed by atoms with Crippen molar-refractivity contribution in [3.05, 3.63) is 34.1 Å². The van der Waals surface area contributed by atoms with Gasteiger partial charge in [0.15, 0.2) is 0 Å². The predicted molar refractivity (Wildman–Crippen MR) is 67.6 cm³/mol. The van der Waals surface area contributed by atoms with E-state index in [9.17, 15) is 4.79 Å². The molecule has 2 aromatic rings. The van der Waals surface area contributed by atoms with Crippen LogP contribution in [0.5, 0.6) is 0 Å². The Morgan fingerprint density at radius 3 is 2.94 bits per heavy atom. The first-order valence-corrected chi connectivity index (χ1v) is 5.58. The molecule has 90 valence electrons. The summed E-state index contributed by atoms with van der Waals surface area (Å²) < 4.78 is 0.744. The van der Waals surface area contributed by atoms with E-state index in [1.807, 2.05) is 6.07 Å². The number of nitrogens with two attached hydrogens (primary N) is 1. The van der Waals surface area contributed by atoms with Crippen LogP contribution in [-0.4, -0.2) is 21.1 Å². The van der Waals surface area contributed by atoms with E-state index in [1.54, 1.807) is 18.2 Å². The molecule has 1 amide bonds. The summed E-state index contributed by atoms with van der Waals surface area (Å²) in [5.74, 6) is -0.555. The van der Waals surface area contributed by atoms with Crippen LogP contribution >= 0.6 is 15.9 Å². The normalized spacial score (nSPS) is 9.78. The van der Waals surface area contributed by atoms with Crippen LogP contribution in [0.4, 0.5) is 11.6 Å². The maximum atomic E-state index is 11.8. The molecule has 1 aromatic heterocycles. The van der Waals surface area contributed by atoms with Crippen molar-refractivity contribution < 1.29 is 4.79 Å². The second kappa shape index (κ2) is 4.85. The SMILES string of the molecule is N#Cc1ccc(Br)cc1NC(=O)c1nc(N)n[nH]1. The summed E-state index contributed by atoms with van der Waals surface area (Å²) in [6, 6.07) is 6.90. The van der Waals surface area contributed by atoms with Gasteiger partial charge in [0.05, 0.1) is 11.3 Å². The number of amides is 1. The van der Waals surface area contributed by atoms with E-state index in [0.717, 1.165) is 4.47 Å². The number of halogens is 1. The number of aromatic amines is 1. The third-order valence-corrected chi connectivity index (χ3v) is 2.56. The molecule has 1 heterocycles. The summed E-state index contributed by atoms with van der Waals surface area (Å²) in [6.07, 6.45) is 0. The van der Waals surface area contributed by atoms with Gasteiger partial charge in [-0.05, 0) is 18.2 Å². The fourth-order valence-electron chi connectivity index (χ4n) is 1.28. The molecule has 2 rings (SSSR count). The number of aromatic nitrogens is 3. The predicted octanol–water partition coefficient (Wildman–Crippen LogP) is 1.27. The highest BCUT2D eigenvalue weighted by Crippen LogP contribution is 2.21. The second-order valence-electron chi connectivity index (χ2n) is 3.30. The minimum Gasteiger partial charge on any atom is -0.366 e. The Bertz CT molecular complexity index is 644. The van der Waals surface area contributed by atoms with Gasteiger partial charge in [0.1, 0.15) is 6.07 Å². The Balaban J connectivity index is 2.27. The molecule has 0 aliphatic carbocycles. The number of nitrogens with one attached hydrogen (secondary N) is 2. The van der Waals surface area contributed by atoms with E-state index < -0.39 is 5.91 Å². The van der Waals surface area contributed by atoms with Gasteiger partial charge >= 0.3 is 0 Å². The molecule has 0 unspecified atom stereocenters. The Morgan fingerprint density at radius 1 is 1.56 bits per heavy atom. The van der Waals surface area contributed by atoms with Gasteiger partial charge in [-0.2, -0.15) is 10.2 Å². The van der Waals surface area contributed by atoms with Crippen LogP contribution in [0.3, 0.4) is 0 Å². The number of carbonyl (C=O) groups excluding carboxylic acids is 1. The fourth-order valence-corrected chi connectivity index (χ4v) is 1.64. The monoisotopic (exact) mass is 306 g/mol. The number of benzene rings is 1. The van der Waals surface area contributed by atoms with Gasteiger partial charge in [-0.3, -0.25) is 9.89 Å². The zero-order valence-electron chi connectivity index (χ0n) is 8.94. The molecule has 18 heavy (non-hydrogen) atoms. The molecule has 0 aliphatic rings. The Morgan fingerprint density at radius 2 is 2.33 bits per heavy atom. The lowest BCUT2D eigenvalue weighted by molar-refractivity contribution is 0.101. The standard InChI is InChI=1S/C10H7BrN6O/c11-6-2-1-5(4-12)7(3-6)14-9(18)8-15-10(13)17-16-8/h1-3H,(H,14,18)(H3,13,15,16,17). The maximum Gasteiger partial charge on any atom is 0.293 e. The Kier molecular flexibility index (Phi) is 3.25. The number of carbonyl (C=O) groups is 1. The number of hydrogen-bond donors (Lipinski definition) is 3. The first kappa shape index (κ1) is 12.1. The van der Waals surface area contributed by atoms with Crippen LogP contribution < -0.4 is 11.1 Å². The third-order valence-electron chi connectivity index (χ3n) is 2.07. The van der Waals surface area contributed by atoms with Crippen LogP contribution in [0.1, 0.15) is 16.2 Å². The first-order chi connectivity index (χ1) is 8.60. The van der Waals surface area contributed by atoms with Crippen molar-refractivity contribution in [1.82, 2.24) is 15.2 Å². The maximum absolute atomic E-state index is 11.8. The molecule has 1 aromatic carbocycles. The minimum atomic E-state index is -0.520. The molecule has 7 nitrogen and oxygen atoms in total. The Hall–Kier alpha value is -2.40. The van der Waals surface area contributed by atoms with Gasteiger partial charge in [0, 0.05) is 4.47 Å². The van der Waals surface area contributed by atoms with E-state index >= 15 is 0 Å². The largest absolute Gasteiger partial charge is 0.366 e. The average Bonchev–Trinajstić information content (AvgIpc) is 2.76. The summed E-state index contributed by atoms with van der Waals surface area (Å²) in [5, 5.41) is 17.4. The number of nitrogen functional groups attached to an aromatic ring is 1. The lowest BCUT2D eigenvalue weighted by atomic mass is 10.2. The summed E-state index contributed by atoms with van der Waals surface area (Å²) in [5.41, 5.74) is 6.02. The Labute approximate surface area is 110 Å². The van der Waals surface area contributed by atoms with Crippen molar-refractivity contribution in [2.45, 2.75) is 0 Å². The van der Waals surface area contributed by atoms with Crippen LogP contribution in [0.25, 0.3) is 0 Å². The van der Waals surface area contributed by atoms with Crippen molar-refractivity contribution in [3.63, 3.8) is 0 Å². The van der Waals surface area contributed by atoms with Gasteiger partial charge < -0.3 is 11.1 Å². The topological polar surface area (TPSA) is 120 Å². The molecule has 0 spiro atoms. The van der Waals surface area contributed by atoms with Crippen LogP contribution in [0.15, 0.2) is 22.7 Å². The second-order valence-corrected chi connectivity index (χ2v) is 4.21. The number of hydrogen-bond acceptors (Lipinski definition) is 5. The molecule has 0 saturated heterocycles. The molecule has 0 bridgehead atoms. The lowest BCUT2D eigenvalue weighted by Crippen LogP contribution is -2.14. The van der Waals surface area contributed by atoms with Crippen LogP contribution in [0, 0.1) is 11.3 Å². The van der Waals surface area contributed by atoms with E-state index in [4.69, 9.17) is 11.0 Å². The number of nitriles is 1. The van der Waals surface area contributed by atoms with Crippen molar-refractivity contribution in [2.75, 3.05) is 11.1 Å². The molecule has 4 N–H and O–H groups in total. The van der Waals surface area contributed by atoms with E-state index in [-0.39, 0.29) is 11.8 Å². The zero-order chi connectivity index (χ0) is 13.1. The van der Waals surface area contributed by atoms with Gasteiger partial charge in [-0.25, -0.2) is 0 Å². The summed E-state index contributed by atoms with van der Waals surface area (Å²) in [6.45, 7) is 0. The molecular formula is C10H7BrN6O. The summed E-state index contributed by atoms with van der Waals surface area (Å²) in [4.78, 5) is 15.5. The van der Waals surface area contributed by atoms with Crippen molar-refractivity contribution in [3.8, 4) is 6.07 Å². The highest BCUT2D eigenvalue weighted by molar-refractivity contribution is 9.10. The minimum absolute atomic E-state index is 0.0173. The molecule has 0 radical (unpaired) electrons. The number of H-pyrrole nitrogens is 1. The number of anilines is 2. The van der Waals surface area contributed by atoms with Crippen LogP contribution in [0.2, 0.25) is 0 Å². The molecule has 0 saturated carbocycles. The van der Waals surface area contributed by atoms with Gasteiger partial charge in [0.25, 0.3) is 5.91 Å². The van der Waals surface area contributed by atoms with E-state index in [0.29, 0.717) is 11.3 Å². The lowest BCUT2D eigenvalue weighted by Gasteiger charge is -2.05. The smallest absolute Gasteiger partial charge is 0.293 e. The highest BCUT2D eigenvalue weighted by Gasteiger charge is 2.13. The first-order valence-electron chi connectivity index (χ1n) is 4.79. The quantitative estimate of drug-likeness (QED) is 0.771. The van der Waals surface area contributed by atoms with Crippen molar-refractivity contribution >= 4 is 33.5 Å². The molecule has 8 heteroatoms. The summed E-state index contributed by atoms with van der Waals surface area (Å²) in [7, 11) is 0. The number of nitrogens with zero attached hydrogens (tertiary/aromatic N) is 3. The molecule has 0 aliphatic heterocycles. The fraction of sp³-hybridized carbons (Fsp3) is 0. The summed E-state index contributed by atoms with van der Waals surface area (Å²) >= 11 is 3.26. The molecule has 0 fully saturated rings. The highest BCUT2D eigenvalue weighted by atomic mass is 79.9. The van der Waals surface area contributed by atoms with Crippen molar-refractivity contribution in [1.29, 1.82) is 5.26 Å². The van der Waals surface area contributed by atoms with E-state index in [1.165, 1.54) is 0 Å². The van der Waals surface area contributed by atoms with Crippen LogP contribution in [-0.2, 0) is 0 Å². The van der Waals surface area contributed by atoms with Crippen molar-refractivity contribution in [2.24, 2.45) is 0 Å². The van der Waals surface area contributed by atoms with Gasteiger partial charge in [0.2, 0.25) is 11.8 Å². The number of rotatable bonds is 2. The molecule has 0 atom stereocenters. The third kappa shape index (κ3) is 2.46. The zero-order valence-corrected chi connectivity index (χ0v) is 10.5.